The molecule has 3 nitrogen and oxygen atoms in total. The molecular weight excluding hydrogens is 152 g/mol. The van der Waals surface area contributed by atoms with Crippen molar-refractivity contribution < 1.29 is 5.11 Å². The molecule has 0 saturated carbocycles. The predicted molar refractivity (Wildman–Crippen MR) is 47.6 cm³/mol. The second-order valence-electron chi connectivity index (χ2n) is 3.45. The first kappa shape index (κ1) is 9.26. The van der Waals surface area contributed by atoms with E-state index in [1.807, 2.05) is 10.9 Å². The van der Waals surface area contributed by atoms with Crippen molar-refractivity contribution in [1.82, 2.24) is 9.78 Å². The van der Waals surface area contributed by atoms with Crippen LogP contribution in [0.3, 0.4) is 0 Å². The van der Waals surface area contributed by atoms with Crippen LogP contribution in [0.15, 0.2) is 12.4 Å². The van der Waals surface area contributed by atoms with E-state index < -0.39 is 0 Å². The SMILES string of the molecule is CC(C)CCn1cc(CO)cn1. The zero-order valence-electron chi connectivity index (χ0n) is 7.70. The molecule has 0 aliphatic rings. The van der Waals surface area contributed by atoms with Crippen LogP contribution in [-0.2, 0) is 13.2 Å². The van der Waals surface area contributed by atoms with E-state index in [2.05, 4.69) is 18.9 Å². The average Bonchev–Trinajstić information content (AvgIpc) is 2.48. The Kier molecular flexibility index (Phi) is 3.29. The van der Waals surface area contributed by atoms with Gasteiger partial charge in [0.05, 0.1) is 12.8 Å². The van der Waals surface area contributed by atoms with Crippen LogP contribution in [0.25, 0.3) is 0 Å². The van der Waals surface area contributed by atoms with Gasteiger partial charge in [-0.2, -0.15) is 5.10 Å². The van der Waals surface area contributed by atoms with E-state index in [9.17, 15) is 0 Å². The molecule has 1 N–H and O–H groups in total. The Balaban J connectivity index is 2.41. The standard InChI is InChI=1S/C9H16N2O/c1-8(2)3-4-11-6-9(7-12)5-10-11/h5-6,8,12H,3-4,7H2,1-2H3. The summed E-state index contributed by atoms with van der Waals surface area (Å²) >= 11 is 0. The highest BCUT2D eigenvalue weighted by atomic mass is 16.3. The number of nitrogens with zero attached hydrogens (tertiary/aromatic N) is 2. The summed E-state index contributed by atoms with van der Waals surface area (Å²) in [4.78, 5) is 0. The molecule has 1 aromatic heterocycles. The molecule has 68 valence electrons. The third-order valence-corrected chi connectivity index (χ3v) is 1.80. The van der Waals surface area contributed by atoms with Crippen LogP contribution in [0.1, 0.15) is 25.8 Å². The monoisotopic (exact) mass is 168 g/mol. The fourth-order valence-corrected chi connectivity index (χ4v) is 1.00. The lowest BCUT2D eigenvalue weighted by Gasteiger charge is -2.03. The number of hydrogen-bond acceptors (Lipinski definition) is 2. The molecule has 0 spiro atoms. The van der Waals surface area contributed by atoms with Crippen molar-refractivity contribution in [3.8, 4) is 0 Å². The highest BCUT2D eigenvalue weighted by molar-refractivity contribution is 5.01. The lowest BCUT2D eigenvalue weighted by molar-refractivity contribution is 0.281. The molecule has 0 aliphatic heterocycles. The number of hydrogen-bond donors (Lipinski definition) is 1. The zero-order chi connectivity index (χ0) is 8.97. The zero-order valence-corrected chi connectivity index (χ0v) is 7.70. The third kappa shape index (κ3) is 2.66. The number of aliphatic hydroxyl groups is 1. The highest BCUT2D eigenvalue weighted by Gasteiger charge is 1.98. The number of aryl methyl sites for hydroxylation is 1. The molecule has 0 fully saturated rings. The maximum atomic E-state index is 8.78. The van der Waals surface area contributed by atoms with Crippen molar-refractivity contribution in [1.29, 1.82) is 0 Å². The lowest BCUT2D eigenvalue weighted by atomic mass is 10.1. The molecule has 0 aromatic carbocycles. The summed E-state index contributed by atoms with van der Waals surface area (Å²) in [5.41, 5.74) is 0.888. The molecule has 3 heteroatoms. The summed E-state index contributed by atoms with van der Waals surface area (Å²) in [7, 11) is 0. The molecule has 0 unspecified atom stereocenters. The Hall–Kier alpha value is -0.830. The minimum absolute atomic E-state index is 0.0850. The largest absolute Gasteiger partial charge is 0.392 e. The van der Waals surface area contributed by atoms with Gasteiger partial charge >= 0.3 is 0 Å². The quantitative estimate of drug-likeness (QED) is 0.738. The maximum Gasteiger partial charge on any atom is 0.0712 e. The first-order valence-electron chi connectivity index (χ1n) is 4.34. The van der Waals surface area contributed by atoms with E-state index in [-0.39, 0.29) is 6.61 Å². The van der Waals surface area contributed by atoms with Crippen molar-refractivity contribution >= 4 is 0 Å². The van der Waals surface area contributed by atoms with Gasteiger partial charge in [0.2, 0.25) is 0 Å². The van der Waals surface area contributed by atoms with Crippen LogP contribution in [0.2, 0.25) is 0 Å². The van der Waals surface area contributed by atoms with Crippen molar-refractivity contribution in [2.75, 3.05) is 0 Å². The molecule has 1 rings (SSSR count). The fraction of sp³-hybridized carbons (Fsp3) is 0.667. The van der Waals surface area contributed by atoms with Crippen molar-refractivity contribution in [3.63, 3.8) is 0 Å². The second kappa shape index (κ2) is 4.26. The van der Waals surface area contributed by atoms with Crippen LogP contribution >= 0.6 is 0 Å². The normalized spacial score (nSPS) is 11.0. The lowest BCUT2D eigenvalue weighted by Crippen LogP contribution is -2.01. The van der Waals surface area contributed by atoms with E-state index in [0.29, 0.717) is 5.92 Å². The molecule has 12 heavy (non-hydrogen) atoms. The smallest absolute Gasteiger partial charge is 0.0712 e. The molecule has 0 radical (unpaired) electrons. The van der Waals surface area contributed by atoms with Crippen molar-refractivity contribution in [2.24, 2.45) is 5.92 Å². The summed E-state index contributed by atoms with van der Waals surface area (Å²) in [5, 5.41) is 12.9. The number of aliphatic hydroxyl groups excluding tert-OH is 1. The summed E-state index contributed by atoms with van der Waals surface area (Å²) < 4.78 is 1.88. The maximum absolute atomic E-state index is 8.78. The van der Waals surface area contributed by atoms with Crippen LogP contribution in [-0.4, -0.2) is 14.9 Å². The first-order valence-corrected chi connectivity index (χ1v) is 4.34. The number of aromatic nitrogens is 2. The van der Waals surface area contributed by atoms with E-state index in [4.69, 9.17) is 5.11 Å². The summed E-state index contributed by atoms with van der Waals surface area (Å²) in [6.45, 7) is 5.41. The van der Waals surface area contributed by atoms with E-state index in [1.165, 1.54) is 0 Å². The summed E-state index contributed by atoms with van der Waals surface area (Å²) in [6.07, 6.45) is 4.73. The molecule has 0 amide bonds. The van der Waals surface area contributed by atoms with Crippen LogP contribution in [0.4, 0.5) is 0 Å². The van der Waals surface area contributed by atoms with Crippen molar-refractivity contribution in [2.45, 2.75) is 33.4 Å². The Morgan fingerprint density at radius 1 is 1.58 bits per heavy atom. The van der Waals surface area contributed by atoms with E-state index in [0.717, 1.165) is 18.5 Å². The van der Waals surface area contributed by atoms with Gasteiger partial charge in [-0.25, -0.2) is 0 Å². The van der Waals surface area contributed by atoms with Gasteiger partial charge in [0.25, 0.3) is 0 Å². The molecule has 0 saturated heterocycles. The second-order valence-corrected chi connectivity index (χ2v) is 3.45. The highest BCUT2D eigenvalue weighted by Crippen LogP contribution is 2.03. The van der Waals surface area contributed by atoms with Crippen LogP contribution in [0.5, 0.6) is 0 Å². The fourth-order valence-electron chi connectivity index (χ4n) is 1.00. The van der Waals surface area contributed by atoms with E-state index >= 15 is 0 Å². The van der Waals surface area contributed by atoms with Crippen molar-refractivity contribution in [3.05, 3.63) is 18.0 Å². The predicted octanol–water partition coefficient (Wildman–Crippen LogP) is 1.42. The minimum atomic E-state index is 0.0850. The molecule has 1 aromatic rings. The number of rotatable bonds is 4. The topological polar surface area (TPSA) is 38.0 Å². The Labute approximate surface area is 73.0 Å². The molecule has 1 heterocycles. The van der Waals surface area contributed by atoms with Gasteiger partial charge in [-0.15, -0.1) is 0 Å². The van der Waals surface area contributed by atoms with Crippen LogP contribution in [0, 0.1) is 5.92 Å². The summed E-state index contributed by atoms with van der Waals surface area (Å²) in [6, 6.07) is 0. The first-order chi connectivity index (χ1) is 5.72. The Morgan fingerprint density at radius 3 is 2.83 bits per heavy atom. The van der Waals surface area contributed by atoms with Gasteiger partial charge in [0.15, 0.2) is 0 Å². The van der Waals surface area contributed by atoms with Gasteiger partial charge in [0, 0.05) is 18.3 Å². The van der Waals surface area contributed by atoms with Gasteiger partial charge < -0.3 is 5.11 Å². The van der Waals surface area contributed by atoms with E-state index in [1.54, 1.807) is 6.20 Å². The molecule has 0 bridgehead atoms. The average molecular weight is 168 g/mol. The molecular formula is C9H16N2O. The van der Waals surface area contributed by atoms with Gasteiger partial charge in [-0.1, -0.05) is 13.8 Å². The Bertz CT molecular complexity index is 230. The summed E-state index contributed by atoms with van der Waals surface area (Å²) in [5.74, 6) is 0.701. The third-order valence-electron chi connectivity index (χ3n) is 1.80. The van der Waals surface area contributed by atoms with Gasteiger partial charge in [0.1, 0.15) is 0 Å². The Morgan fingerprint density at radius 2 is 2.33 bits per heavy atom. The minimum Gasteiger partial charge on any atom is -0.392 e. The molecule has 0 aliphatic carbocycles. The van der Waals surface area contributed by atoms with Gasteiger partial charge in [-0.3, -0.25) is 4.68 Å². The van der Waals surface area contributed by atoms with Gasteiger partial charge in [-0.05, 0) is 12.3 Å². The molecule has 0 atom stereocenters. The van der Waals surface area contributed by atoms with Crippen LogP contribution < -0.4 is 0 Å².